The molecule has 0 N–H and O–H groups in total. The van der Waals surface area contributed by atoms with Crippen molar-refractivity contribution in [1.82, 2.24) is 14.7 Å². The number of hydrogen-bond acceptors (Lipinski definition) is 3. The summed E-state index contributed by atoms with van der Waals surface area (Å²) in [5.74, 6) is 0.0822. The Bertz CT molecular complexity index is 850. The Morgan fingerprint density at radius 3 is 2.38 bits per heavy atom. The minimum atomic E-state index is -0.375. The van der Waals surface area contributed by atoms with Crippen molar-refractivity contribution in [2.24, 2.45) is 5.41 Å². The van der Waals surface area contributed by atoms with E-state index in [9.17, 15) is 14.0 Å². The van der Waals surface area contributed by atoms with Crippen molar-refractivity contribution in [1.29, 1.82) is 0 Å². The lowest BCUT2D eigenvalue weighted by Gasteiger charge is -2.43. The molecule has 1 aliphatic carbocycles. The van der Waals surface area contributed by atoms with Gasteiger partial charge in [0.15, 0.2) is 0 Å². The number of rotatable bonds is 2. The van der Waals surface area contributed by atoms with Gasteiger partial charge in [0.1, 0.15) is 5.82 Å². The minimum absolute atomic E-state index is 0.0428. The van der Waals surface area contributed by atoms with Crippen LogP contribution in [-0.4, -0.2) is 78.5 Å². The number of carbonyl (C=O) groups is 2. The van der Waals surface area contributed by atoms with Gasteiger partial charge in [-0.15, -0.1) is 0 Å². The van der Waals surface area contributed by atoms with Crippen molar-refractivity contribution in [2.45, 2.75) is 57.4 Å². The van der Waals surface area contributed by atoms with Gasteiger partial charge in [-0.3, -0.25) is 4.79 Å². The van der Waals surface area contributed by atoms with E-state index in [0.717, 1.165) is 45.2 Å². The molecule has 1 aromatic rings. The van der Waals surface area contributed by atoms with Gasteiger partial charge in [0.2, 0.25) is 5.91 Å². The van der Waals surface area contributed by atoms with Gasteiger partial charge in [0.05, 0.1) is 11.1 Å². The predicted octanol–water partition coefficient (Wildman–Crippen LogP) is 3.71. The highest BCUT2D eigenvalue weighted by Crippen LogP contribution is 2.42. The number of piperidine rings is 1. The Balaban J connectivity index is 1.20. The highest BCUT2D eigenvalue weighted by molar-refractivity contribution is 5.86. The van der Waals surface area contributed by atoms with Gasteiger partial charge < -0.3 is 19.6 Å². The molecular weight excluding hydrogens is 407 g/mol. The Kier molecular flexibility index (Phi) is 5.99. The van der Waals surface area contributed by atoms with Crippen LogP contribution < -0.4 is 4.90 Å². The van der Waals surface area contributed by atoms with Gasteiger partial charge >= 0.3 is 6.03 Å². The highest BCUT2D eigenvalue weighted by atomic mass is 19.1. The number of anilines is 1. The second-order valence-electron chi connectivity index (χ2n) is 10.1. The highest BCUT2D eigenvalue weighted by Gasteiger charge is 2.51. The third-order valence-corrected chi connectivity index (χ3v) is 8.15. The molecule has 1 aromatic carbocycles. The molecule has 3 saturated heterocycles. The summed E-state index contributed by atoms with van der Waals surface area (Å²) in [6, 6.07) is 7.28. The topological polar surface area (TPSA) is 47.1 Å². The lowest BCUT2D eigenvalue weighted by Crippen LogP contribution is -2.57. The minimum Gasteiger partial charge on any atom is -0.366 e. The fourth-order valence-corrected chi connectivity index (χ4v) is 6.31. The van der Waals surface area contributed by atoms with Gasteiger partial charge in [-0.25, -0.2) is 9.18 Å². The van der Waals surface area contributed by atoms with Gasteiger partial charge in [-0.05, 0) is 44.2 Å². The van der Waals surface area contributed by atoms with Crippen LogP contribution in [0.2, 0.25) is 0 Å². The number of carbonyl (C=O) groups excluding carboxylic acids is 2. The number of likely N-dealkylation sites (tertiary alicyclic amines) is 2. The van der Waals surface area contributed by atoms with Crippen molar-refractivity contribution >= 4 is 17.6 Å². The number of hydrogen-bond donors (Lipinski definition) is 0. The van der Waals surface area contributed by atoms with E-state index in [1.54, 1.807) is 12.1 Å². The molecule has 1 unspecified atom stereocenters. The van der Waals surface area contributed by atoms with Crippen molar-refractivity contribution in [3.63, 3.8) is 0 Å². The largest absolute Gasteiger partial charge is 0.366 e. The van der Waals surface area contributed by atoms with E-state index >= 15 is 0 Å². The molecule has 1 saturated carbocycles. The summed E-state index contributed by atoms with van der Waals surface area (Å²) in [7, 11) is 0. The number of halogens is 1. The van der Waals surface area contributed by atoms with E-state index in [1.165, 1.54) is 25.3 Å². The predicted molar refractivity (Wildman–Crippen MR) is 122 cm³/mol. The summed E-state index contributed by atoms with van der Waals surface area (Å²) >= 11 is 0. The number of nitrogens with zero attached hydrogens (tertiary/aromatic N) is 4. The van der Waals surface area contributed by atoms with E-state index < -0.39 is 0 Å². The second kappa shape index (κ2) is 8.91. The zero-order valence-corrected chi connectivity index (χ0v) is 19.0. The van der Waals surface area contributed by atoms with E-state index in [2.05, 4.69) is 4.90 Å². The van der Waals surface area contributed by atoms with Crippen LogP contribution in [-0.2, 0) is 4.79 Å². The fourth-order valence-electron chi connectivity index (χ4n) is 6.31. The van der Waals surface area contributed by atoms with Gasteiger partial charge in [-0.1, -0.05) is 31.4 Å². The van der Waals surface area contributed by atoms with E-state index in [-0.39, 0.29) is 17.3 Å². The molecule has 0 bridgehead atoms. The maximum Gasteiger partial charge on any atom is 0.320 e. The Morgan fingerprint density at radius 1 is 0.875 bits per heavy atom. The molecule has 1 atom stereocenters. The third kappa shape index (κ3) is 3.95. The molecule has 3 aliphatic heterocycles. The van der Waals surface area contributed by atoms with Gasteiger partial charge in [0, 0.05) is 51.9 Å². The first kappa shape index (κ1) is 21.5. The smallest absolute Gasteiger partial charge is 0.320 e. The van der Waals surface area contributed by atoms with Gasteiger partial charge in [0.25, 0.3) is 0 Å². The summed E-state index contributed by atoms with van der Waals surface area (Å²) in [5, 5.41) is 0. The lowest BCUT2D eigenvalue weighted by atomic mass is 9.78. The summed E-state index contributed by atoms with van der Waals surface area (Å²) in [6.07, 6.45) is 8.69. The molecule has 3 amide bonds. The maximum absolute atomic E-state index is 14.1. The Labute approximate surface area is 190 Å². The number of para-hydroxylation sites is 1. The Morgan fingerprint density at radius 2 is 1.62 bits per heavy atom. The number of amides is 3. The monoisotopic (exact) mass is 442 g/mol. The van der Waals surface area contributed by atoms with E-state index in [0.29, 0.717) is 50.4 Å². The summed E-state index contributed by atoms with van der Waals surface area (Å²) in [5.41, 5.74) is 0.233. The fraction of sp³-hybridized carbons (Fsp3) is 0.680. The van der Waals surface area contributed by atoms with Crippen molar-refractivity contribution in [3.8, 4) is 0 Å². The number of benzene rings is 1. The summed E-state index contributed by atoms with van der Waals surface area (Å²) in [4.78, 5) is 34.8. The molecular formula is C25H35FN4O2. The summed E-state index contributed by atoms with van der Waals surface area (Å²) < 4.78 is 14.1. The van der Waals surface area contributed by atoms with E-state index in [1.807, 2.05) is 20.8 Å². The van der Waals surface area contributed by atoms with Crippen LogP contribution in [0.1, 0.15) is 51.4 Å². The Hall–Kier alpha value is -2.31. The van der Waals surface area contributed by atoms with Crippen LogP contribution in [0.5, 0.6) is 0 Å². The average Bonchev–Trinajstić information content (AvgIpc) is 3.14. The lowest BCUT2D eigenvalue weighted by molar-refractivity contribution is -0.140. The number of urea groups is 1. The SMILES string of the molecule is O=C(N1CCN(c2ccccc2F)CC1)N1CCCC2(CCN(C3CCCCC3)C2=O)C1. The molecule has 7 heteroatoms. The molecule has 0 radical (unpaired) electrons. The maximum atomic E-state index is 14.1. The standard InChI is InChI=1S/C25H35FN4O2/c26-21-9-4-5-10-22(21)27-15-17-28(18-16-27)24(32)29-13-6-11-25(19-29)12-14-30(23(25)31)20-7-2-1-3-8-20/h4-5,9-10,20H,1-3,6-8,11-19H2. The molecule has 6 nitrogen and oxygen atoms in total. The second-order valence-corrected chi connectivity index (χ2v) is 10.1. The van der Waals surface area contributed by atoms with Crippen LogP contribution in [0.3, 0.4) is 0 Å². The first-order chi connectivity index (χ1) is 15.6. The normalized spacial score (nSPS) is 27.5. The molecule has 1 spiro atoms. The third-order valence-electron chi connectivity index (χ3n) is 8.15. The number of piperazine rings is 1. The zero-order chi connectivity index (χ0) is 22.1. The van der Waals surface area contributed by atoms with Crippen LogP contribution >= 0.6 is 0 Å². The zero-order valence-electron chi connectivity index (χ0n) is 19.0. The first-order valence-electron chi connectivity index (χ1n) is 12.4. The van der Waals surface area contributed by atoms with Crippen LogP contribution in [0, 0.1) is 11.2 Å². The van der Waals surface area contributed by atoms with Crippen LogP contribution in [0.25, 0.3) is 0 Å². The molecule has 4 fully saturated rings. The molecule has 32 heavy (non-hydrogen) atoms. The van der Waals surface area contributed by atoms with Crippen LogP contribution in [0.15, 0.2) is 24.3 Å². The molecule has 5 rings (SSSR count). The van der Waals surface area contributed by atoms with Crippen LogP contribution in [0.4, 0.5) is 14.9 Å². The molecule has 174 valence electrons. The quantitative estimate of drug-likeness (QED) is 0.702. The van der Waals surface area contributed by atoms with Crippen molar-refractivity contribution < 1.29 is 14.0 Å². The van der Waals surface area contributed by atoms with Crippen molar-refractivity contribution in [3.05, 3.63) is 30.1 Å². The van der Waals surface area contributed by atoms with Crippen molar-refractivity contribution in [2.75, 3.05) is 50.7 Å². The molecule has 0 aromatic heterocycles. The van der Waals surface area contributed by atoms with E-state index in [4.69, 9.17) is 0 Å². The van der Waals surface area contributed by atoms with Gasteiger partial charge in [-0.2, -0.15) is 0 Å². The average molecular weight is 443 g/mol. The summed E-state index contributed by atoms with van der Waals surface area (Å²) in [6.45, 7) is 4.55. The first-order valence-corrected chi connectivity index (χ1v) is 12.4. The molecule has 4 aliphatic rings. The molecule has 3 heterocycles.